The van der Waals surface area contributed by atoms with Crippen molar-refractivity contribution in [1.82, 2.24) is 4.90 Å². The second-order valence-corrected chi connectivity index (χ2v) is 10.9. The number of fused-ring (bicyclic) bond motifs is 3. The Labute approximate surface area is 201 Å². The Morgan fingerprint density at radius 3 is 2.47 bits per heavy atom. The molecule has 0 bridgehead atoms. The van der Waals surface area contributed by atoms with Crippen molar-refractivity contribution in [2.75, 3.05) is 7.11 Å². The zero-order chi connectivity index (χ0) is 24.3. The molecule has 5 rings (SSSR count). The maximum Gasteiger partial charge on any atom is 0.263 e. The van der Waals surface area contributed by atoms with Crippen LogP contribution in [0.3, 0.4) is 0 Å². The number of carbonyl (C=O) groups excluding carboxylic acids is 1. The van der Waals surface area contributed by atoms with Gasteiger partial charge in [0.15, 0.2) is 11.5 Å². The number of hydrogen-bond acceptors (Lipinski definition) is 5. The van der Waals surface area contributed by atoms with E-state index in [9.17, 15) is 10.1 Å². The number of nitrogens with zero attached hydrogens (tertiary/aromatic N) is 3. The molecule has 1 saturated carbocycles. The number of methoxy groups -OCH3 is 1. The van der Waals surface area contributed by atoms with E-state index in [0.717, 1.165) is 54.4 Å². The van der Waals surface area contributed by atoms with Gasteiger partial charge in [-0.1, -0.05) is 24.3 Å². The lowest BCUT2D eigenvalue weighted by Crippen LogP contribution is -2.56. The molecule has 0 aromatic heterocycles. The Balaban J connectivity index is 1.69. The van der Waals surface area contributed by atoms with Crippen LogP contribution < -0.4 is 5.73 Å². The Hall–Kier alpha value is -3.17. The van der Waals surface area contributed by atoms with Crippen molar-refractivity contribution in [3.63, 3.8) is 0 Å². The summed E-state index contributed by atoms with van der Waals surface area (Å²) in [6, 6.07) is 16.1. The standard InChI is InChI=1S/C28H32N4O2/c1-26(2,3)32-24(33)28(31-25(32)30)23-15-20(19-7-5-6-18(14-19)17-29)8-9-21(23)16-27(28)12-10-22(34-4)11-13-27/h5-9,14-15,22H,10-13,16H2,1-4H3,(H2,30,31). The quantitative estimate of drug-likeness (QED) is 0.720. The Morgan fingerprint density at radius 1 is 1.15 bits per heavy atom. The van der Waals surface area contributed by atoms with Gasteiger partial charge in [-0.15, -0.1) is 0 Å². The topological polar surface area (TPSA) is 91.7 Å². The summed E-state index contributed by atoms with van der Waals surface area (Å²) in [4.78, 5) is 21.1. The van der Waals surface area contributed by atoms with E-state index in [1.165, 1.54) is 0 Å². The fourth-order valence-corrected chi connectivity index (χ4v) is 6.42. The summed E-state index contributed by atoms with van der Waals surface area (Å²) in [5.74, 6) is 0.283. The summed E-state index contributed by atoms with van der Waals surface area (Å²) in [6.45, 7) is 6.00. The van der Waals surface area contributed by atoms with E-state index in [1.807, 2.05) is 39.0 Å². The minimum Gasteiger partial charge on any atom is -0.381 e. The minimum atomic E-state index is -1.03. The molecule has 0 saturated heterocycles. The molecule has 176 valence electrons. The van der Waals surface area contributed by atoms with Crippen molar-refractivity contribution in [2.24, 2.45) is 16.1 Å². The predicted octanol–water partition coefficient (Wildman–Crippen LogP) is 4.51. The van der Waals surface area contributed by atoms with E-state index in [-0.39, 0.29) is 17.4 Å². The minimum absolute atomic E-state index is 0.0185. The number of benzene rings is 2. The summed E-state index contributed by atoms with van der Waals surface area (Å²) >= 11 is 0. The van der Waals surface area contributed by atoms with Crippen LogP contribution in [0.15, 0.2) is 47.5 Å². The van der Waals surface area contributed by atoms with Gasteiger partial charge in [0.25, 0.3) is 5.91 Å². The largest absolute Gasteiger partial charge is 0.381 e. The molecule has 1 fully saturated rings. The summed E-state index contributed by atoms with van der Waals surface area (Å²) in [6.07, 6.45) is 4.55. The average Bonchev–Trinajstić information content (AvgIpc) is 3.25. The monoisotopic (exact) mass is 456 g/mol. The zero-order valence-electron chi connectivity index (χ0n) is 20.4. The van der Waals surface area contributed by atoms with Gasteiger partial charge in [-0.3, -0.25) is 9.69 Å². The summed E-state index contributed by atoms with van der Waals surface area (Å²) in [5.41, 5.74) is 9.34. The molecule has 2 spiro atoms. The molecular formula is C28H32N4O2. The third-order valence-electron chi connectivity index (χ3n) is 8.04. The molecule has 2 N–H and O–H groups in total. The molecule has 6 heteroatoms. The molecule has 6 nitrogen and oxygen atoms in total. The lowest BCUT2D eigenvalue weighted by Gasteiger charge is -2.46. The molecule has 1 atom stereocenters. The van der Waals surface area contributed by atoms with Crippen LogP contribution in [0.25, 0.3) is 11.1 Å². The highest BCUT2D eigenvalue weighted by molar-refractivity contribution is 6.09. The number of hydrogen-bond donors (Lipinski definition) is 1. The van der Waals surface area contributed by atoms with Gasteiger partial charge >= 0.3 is 0 Å². The van der Waals surface area contributed by atoms with Crippen LogP contribution in [0.5, 0.6) is 0 Å². The summed E-state index contributed by atoms with van der Waals surface area (Å²) in [5, 5.41) is 9.37. The molecular weight excluding hydrogens is 424 g/mol. The van der Waals surface area contributed by atoms with Gasteiger partial charge in [0.05, 0.1) is 17.7 Å². The summed E-state index contributed by atoms with van der Waals surface area (Å²) < 4.78 is 5.66. The van der Waals surface area contributed by atoms with E-state index in [2.05, 4.69) is 24.3 Å². The fraction of sp³-hybridized carbons (Fsp3) is 0.464. The Kier molecular flexibility index (Phi) is 5.11. The lowest BCUT2D eigenvalue weighted by molar-refractivity contribution is -0.141. The third-order valence-corrected chi connectivity index (χ3v) is 8.04. The first-order valence-corrected chi connectivity index (χ1v) is 12.0. The van der Waals surface area contributed by atoms with Crippen LogP contribution in [0.4, 0.5) is 0 Å². The maximum absolute atomic E-state index is 14.4. The van der Waals surface area contributed by atoms with Gasteiger partial charge in [-0.2, -0.15) is 5.26 Å². The molecule has 1 heterocycles. The highest BCUT2D eigenvalue weighted by Crippen LogP contribution is 2.62. The number of amides is 1. The number of nitriles is 1. The van der Waals surface area contributed by atoms with Crippen molar-refractivity contribution in [1.29, 1.82) is 5.26 Å². The number of carbonyl (C=O) groups is 1. The van der Waals surface area contributed by atoms with Crippen molar-refractivity contribution < 1.29 is 9.53 Å². The first kappa shape index (κ1) is 22.6. The molecule has 2 aromatic rings. The fourth-order valence-electron chi connectivity index (χ4n) is 6.42. The Morgan fingerprint density at radius 2 is 1.85 bits per heavy atom. The molecule has 3 aliphatic rings. The molecule has 2 aromatic carbocycles. The molecule has 0 radical (unpaired) electrons. The second-order valence-electron chi connectivity index (χ2n) is 10.9. The number of nitrogens with two attached hydrogens (primary N) is 1. The van der Waals surface area contributed by atoms with Crippen LogP contribution in [0.1, 0.15) is 63.1 Å². The normalized spacial score (nSPS) is 28.3. The van der Waals surface area contributed by atoms with Gasteiger partial charge in [0.2, 0.25) is 0 Å². The van der Waals surface area contributed by atoms with Gasteiger partial charge in [-0.05, 0) is 93.3 Å². The van der Waals surface area contributed by atoms with E-state index in [1.54, 1.807) is 18.1 Å². The SMILES string of the molecule is COC1CCC2(CC1)Cc1ccc(-c3cccc(C#N)c3)cc1C21N=C(N)N(C(C)(C)C)C1=O. The number of rotatable bonds is 2. The van der Waals surface area contributed by atoms with Crippen molar-refractivity contribution in [3.05, 3.63) is 59.2 Å². The zero-order valence-corrected chi connectivity index (χ0v) is 20.4. The van der Waals surface area contributed by atoms with E-state index < -0.39 is 11.1 Å². The lowest BCUT2D eigenvalue weighted by atomic mass is 9.61. The molecule has 34 heavy (non-hydrogen) atoms. The molecule has 1 amide bonds. The van der Waals surface area contributed by atoms with Crippen molar-refractivity contribution >= 4 is 11.9 Å². The van der Waals surface area contributed by atoms with Crippen molar-refractivity contribution in [3.8, 4) is 17.2 Å². The van der Waals surface area contributed by atoms with Gasteiger partial charge < -0.3 is 10.5 Å². The predicted molar refractivity (Wildman–Crippen MR) is 132 cm³/mol. The number of aliphatic imine (C=N–C) groups is 1. The van der Waals surface area contributed by atoms with Crippen LogP contribution in [-0.4, -0.2) is 35.5 Å². The maximum atomic E-state index is 14.4. The van der Waals surface area contributed by atoms with Crippen LogP contribution in [0.2, 0.25) is 0 Å². The van der Waals surface area contributed by atoms with Gasteiger partial charge in [0, 0.05) is 18.1 Å². The van der Waals surface area contributed by atoms with Gasteiger partial charge in [-0.25, -0.2) is 4.99 Å². The van der Waals surface area contributed by atoms with Crippen molar-refractivity contribution in [2.45, 2.75) is 70.1 Å². The van der Waals surface area contributed by atoms with Crippen LogP contribution >= 0.6 is 0 Å². The highest BCUT2D eigenvalue weighted by Gasteiger charge is 2.67. The second kappa shape index (κ2) is 7.68. The first-order chi connectivity index (χ1) is 16.1. The highest BCUT2D eigenvalue weighted by atomic mass is 16.5. The van der Waals surface area contributed by atoms with E-state index in [0.29, 0.717) is 11.5 Å². The van der Waals surface area contributed by atoms with E-state index >= 15 is 0 Å². The molecule has 1 unspecified atom stereocenters. The van der Waals surface area contributed by atoms with Gasteiger partial charge in [0.1, 0.15) is 0 Å². The summed E-state index contributed by atoms with van der Waals surface area (Å²) in [7, 11) is 1.77. The van der Waals surface area contributed by atoms with Crippen LogP contribution in [-0.2, 0) is 21.5 Å². The van der Waals surface area contributed by atoms with Crippen LogP contribution in [0, 0.1) is 16.7 Å². The molecule has 2 aliphatic carbocycles. The average molecular weight is 457 g/mol. The smallest absolute Gasteiger partial charge is 0.263 e. The Bertz CT molecular complexity index is 1230. The third kappa shape index (κ3) is 3.10. The molecule has 1 aliphatic heterocycles. The number of guanidine groups is 1. The first-order valence-electron chi connectivity index (χ1n) is 12.0. The number of ether oxygens (including phenoxy) is 1. The van der Waals surface area contributed by atoms with E-state index in [4.69, 9.17) is 15.5 Å².